The summed E-state index contributed by atoms with van der Waals surface area (Å²) < 4.78 is 14.2. The Hall–Kier alpha value is -2.80. The molecule has 4 rings (SSSR count). The van der Waals surface area contributed by atoms with Crippen LogP contribution in [-0.4, -0.2) is 11.8 Å². The third-order valence-electron chi connectivity index (χ3n) is 4.31. The highest BCUT2D eigenvalue weighted by Crippen LogP contribution is 2.41. The molecule has 0 aromatic heterocycles. The van der Waals surface area contributed by atoms with Gasteiger partial charge in [0.1, 0.15) is 16.4 Å². The van der Waals surface area contributed by atoms with E-state index in [4.69, 9.17) is 23.2 Å². The Morgan fingerprint density at radius 1 is 0.833 bits per heavy atom. The molecule has 0 radical (unpaired) electrons. The molecule has 0 unspecified atom stereocenters. The fourth-order valence-electron chi connectivity index (χ4n) is 2.90. The molecule has 3 aromatic rings. The molecule has 0 bridgehead atoms. The van der Waals surface area contributed by atoms with Crippen molar-refractivity contribution in [1.82, 2.24) is 0 Å². The van der Waals surface area contributed by atoms with Crippen LogP contribution in [0.3, 0.4) is 0 Å². The molecule has 0 spiro atoms. The molecule has 1 aliphatic rings. The van der Waals surface area contributed by atoms with Gasteiger partial charge in [-0.05, 0) is 36.4 Å². The summed E-state index contributed by atoms with van der Waals surface area (Å²) in [6.45, 7) is 0. The van der Waals surface area contributed by atoms with Crippen LogP contribution in [0.1, 0.15) is 0 Å². The van der Waals surface area contributed by atoms with Crippen molar-refractivity contribution in [3.05, 3.63) is 99.3 Å². The van der Waals surface area contributed by atoms with Gasteiger partial charge in [0.2, 0.25) is 0 Å². The van der Waals surface area contributed by atoms with Gasteiger partial charge in [0.15, 0.2) is 0 Å². The zero-order chi connectivity index (χ0) is 21.3. The number of carbonyl (C=O) groups excluding carboxylic acids is 2. The zero-order valence-electron chi connectivity index (χ0n) is 15.2. The maximum absolute atomic E-state index is 14.2. The molecule has 2 amide bonds. The molecule has 30 heavy (non-hydrogen) atoms. The van der Waals surface area contributed by atoms with Crippen LogP contribution >= 0.6 is 35.0 Å². The number of hydrogen-bond donors (Lipinski definition) is 1. The molecule has 1 N–H and O–H groups in total. The maximum Gasteiger partial charge on any atom is 0.283 e. The van der Waals surface area contributed by atoms with Crippen molar-refractivity contribution in [2.75, 3.05) is 10.2 Å². The molecule has 0 saturated carbocycles. The Morgan fingerprint density at radius 3 is 2.27 bits per heavy atom. The lowest BCUT2D eigenvalue weighted by molar-refractivity contribution is -0.120. The molecule has 0 atom stereocenters. The van der Waals surface area contributed by atoms with Crippen molar-refractivity contribution < 1.29 is 14.0 Å². The van der Waals surface area contributed by atoms with Crippen LogP contribution in [0.2, 0.25) is 10.0 Å². The Bertz CT molecular complexity index is 1180. The van der Waals surface area contributed by atoms with Gasteiger partial charge in [-0.15, -0.1) is 0 Å². The third-order valence-corrected chi connectivity index (χ3v) is 6.21. The predicted octanol–water partition coefficient (Wildman–Crippen LogP) is 6.12. The van der Waals surface area contributed by atoms with Crippen LogP contribution in [0, 0.1) is 5.82 Å². The molecular weight excluding hydrogens is 446 g/mol. The maximum atomic E-state index is 14.2. The monoisotopic (exact) mass is 458 g/mol. The van der Waals surface area contributed by atoms with Gasteiger partial charge in [-0.25, -0.2) is 9.29 Å². The Morgan fingerprint density at radius 2 is 1.53 bits per heavy atom. The van der Waals surface area contributed by atoms with Gasteiger partial charge in [-0.2, -0.15) is 0 Å². The van der Waals surface area contributed by atoms with Crippen molar-refractivity contribution in [2.45, 2.75) is 4.90 Å². The van der Waals surface area contributed by atoms with E-state index in [1.165, 1.54) is 24.3 Å². The van der Waals surface area contributed by atoms with E-state index in [1.54, 1.807) is 18.2 Å². The lowest BCUT2D eigenvalue weighted by Crippen LogP contribution is -2.32. The summed E-state index contributed by atoms with van der Waals surface area (Å²) in [7, 11) is 0. The van der Waals surface area contributed by atoms with Crippen LogP contribution < -0.4 is 10.2 Å². The summed E-state index contributed by atoms with van der Waals surface area (Å²) >= 11 is 13.4. The summed E-state index contributed by atoms with van der Waals surface area (Å²) in [4.78, 5) is 28.3. The number of imide groups is 1. The van der Waals surface area contributed by atoms with Crippen LogP contribution in [0.4, 0.5) is 15.8 Å². The molecule has 8 heteroatoms. The number of anilines is 2. The van der Waals surface area contributed by atoms with Gasteiger partial charge in [0.05, 0.1) is 21.4 Å². The van der Waals surface area contributed by atoms with Gasteiger partial charge in [0.25, 0.3) is 11.8 Å². The van der Waals surface area contributed by atoms with E-state index in [0.717, 1.165) is 21.6 Å². The van der Waals surface area contributed by atoms with E-state index in [0.29, 0.717) is 0 Å². The fourth-order valence-corrected chi connectivity index (χ4v) is 4.23. The summed E-state index contributed by atoms with van der Waals surface area (Å²) in [5, 5.41) is 3.08. The van der Waals surface area contributed by atoms with Crippen LogP contribution in [0.5, 0.6) is 0 Å². The largest absolute Gasteiger partial charge is 0.348 e. The highest BCUT2D eigenvalue weighted by Gasteiger charge is 2.41. The minimum Gasteiger partial charge on any atom is -0.348 e. The third kappa shape index (κ3) is 3.81. The second kappa shape index (κ2) is 8.52. The summed E-state index contributed by atoms with van der Waals surface area (Å²) in [5.41, 5.74) is 0.213. The Labute approximate surface area is 186 Å². The minimum absolute atomic E-state index is 0.0324. The summed E-state index contributed by atoms with van der Waals surface area (Å²) in [6.07, 6.45) is 0. The highest BCUT2D eigenvalue weighted by atomic mass is 35.5. The van der Waals surface area contributed by atoms with E-state index in [-0.39, 0.29) is 32.0 Å². The number of thioether (sulfide) groups is 1. The van der Waals surface area contributed by atoms with Crippen LogP contribution in [0.25, 0.3) is 0 Å². The minimum atomic E-state index is -0.647. The smallest absolute Gasteiger partial charge is 0.283 e. The zero-order valence-corrected chi connectivity index (χ0v) is 17.6. The number of rotatable bonds is 5. The number of carbonyl (C=O) groups is 2. The molecule has 0 saturated heterocycles. The predicted molar refractivity (Wildman–Crippen MR) is 118 cm³/mol. The number of halogens is 3. The highest BCUT2D eigenvalue weighted by molar-refractivity contribution is 8.04. The summed E-state index contributed by atoms with van der Waals surface area (Å²) in [5.74, 6) is -1.77. The SMILES string of the molecule is O=C1C(Nc2ccccc2F)=C(Sc2ccccc2)C(=O)N1c1cccc(Cl)c1Cl. The van der Waals surface area contributed by atoms with Gasteiger partial charge < -0.3 is 5.32 Å². The number of benzene rings is 3. The average Bonchev–Trinajstić information content (AvgIpc) is 2.96. The number of hydrogen-bond acceptors (Lipinski definition) is 4. The lowest BCUT2D eigenvalue weighted by atomic mass is 10.2. The van der Waals surface area contributed by atoms with Crippen molar-refractivity contribution in [3.63, 3.8) is 0 Å². The van der Waals surface area contributed by atoms with E-state index in [1.807, 2.05) is 30.3 Å². The molecule has 3 aromatic carbocycles. The first-order valence-corrected chi connectivity index (χ1v) is 10.4. The molecule has 4 nitrogen and oxygen atoms in total. The number of nitrogens with zero attached hydrogens (tertiary/aromatic N) is 1. The van der Waals surface area contributed by atoms with Gasteiger partial charge in [-0.3, -0.25) is 9.59 Å². The van der Waals surface area contributed by atoms with Crippen LogP contribution in [-0.2, 0) is 9.59 Å². The first-order valence-electron chi connectivity index (χ1n) is 8.79. The summed E-state index contributed by atoms with van der Waals surface area (Å²) in [6, 6.07) is 19.7. The van der Waals surface area contributed by atoms with Gasteiger partial charge >= 0.3 is 0 Å². The van der Waals surface area contributed by atoms with Gasteiger partial charge in [-0.1, -0.05) is 71.4 Å². The number of nitrogens with one attached hydrogen (secondary N) is 1. The quantitative estimate of drug-likeness (QED) is 0.467. The second-order valence-corrected chi connectivity index (χ2v) is 8.11. The van der Waals surface area contributed by atoms with E-state index in [2.05, 4.69) is 5.32 Å². The Kier molecular flexibility index (Phi) is 5.81. The average molecular weight is 459 g/mol. The Balaban J connectivity index is 1.80. The van der Waals surface area contributed by atoms with Crippen molar-refractivity contribution >= 4 is 58.2 Å². The first-order chi connectivity index (χ1) is 14.5. The molecule has 0 fully saturated rings. The van der Waals surface area contributed by atoms with Crippen molar-refractivity contribution in [2.24, 2.45) is 0 Å². The topological polar surface area (TPSA) is 49.4 Å². The first kappa shape index (κ1) is 20.5. The second-order valence-electron chi connectivity index (χ2n) is 6.24. The van der Waals surface area contributed by atoms with Crippen molar-refractivity contribution in [3.8, 4) is 0 Å². The molecule has 0 aliphatic carbocycles. The van der Waals surface area contributed by atoms with E-state index < -0.39 is 17.6 Å². The van der Waals surface area contributed by atoms with E-state index in [9.17, 15) is 14.0 Å². The lowest BCUT2D eigenvalue weighted by Gasteiger charge is -2.17. The molecule has 1 heterocycles. The van der Waals surface area contributed by atoms with Crippen molar-refractivity contribution in [1.29, 1.82) is 0 Å². The number of amides is 2. The standard InChI is InChI=1S/C22H13Cl2FN2O2S/c23-14-9-6-12-17(18(14)24)27-21(28)19(26-16-11-5-4-10-15(16)25)20(22(27)29)30-13-7-2-1-3-8-13/h1-12,26H. The fraction of sp³-hybridized carbons (Fsp3) is 0. The molecule has 1 aliphatic heterocycles. The molecular formula is C22H13Cl2FN2O2S. The number of para-hydroxylation sites is 1. The normalized spacial score (nSPS) is 13.9. The van der Waals surface area contributed by atoms with Crippen LogP contribution in [0.15, 0.2) is 88.3 Å². The van der Waals surface area contributed by atoms with Gasteiger partial charge in [0, 0.05) is 4.90 Å². The molecule has 150 valence electrons. The van der Waals surface area contributed by atoms with E-state index >= 15 is 0 Å².